The Morgan fingerprint density at radius 1 is 1.08 bits per heavy atom. The highest BCUT2D eigenvalue weighted by Crippen LogP contribution is 2.28. The van der Waals surface area contributed by atoms with Gasteiger partial charge in [0, 0.05) is 16.5 Å². The minimum atomic E-state index is -0.474. The van der Waals surface area contributed by atoms with Gasteiger partial charge in [-0.25, -0.2) is 0 Å². The third-order valence-corrected chi connectivity index (χ3v) is 4.70. The van der Waals surface area contributed by atoms with Gasteiger partial charge in [-0.3, -0.25) is 4.79 Å². The first-order chi connectivity index (χ1) is 12.2. The van der Waals surface area contributed by atoms with Gasteiger partial charge in [-0.1, -0.05) is 46.3 Å². The van der Waals surface area contributed by atoms with E-state index in [9.17, 15) is 4.79 Å². The molecule has 0 saturated heterocycles. The molecule has 4 rings (SSSR count). The lowest BCUT2D eigenvalue weighted by Crippen LogP contribution is -2.36. The third-order valence-electron chi connectivity index (χ3n) is 4.17. The molecule has 1 aliphatic rings. The Balaban J connectivity index is 1.36. The van der Waals surface area contributed by atoms with Crippen molar-refractivity contribution in [1.82, 2.24) is 5.32 Å². The van der Waals surface area contributed by atoms with Gasteiger partial charge in [0.25, 0.3) is 5.91 Å². The van der Waals surface area contributed by atoms with Crippen molar-refractivity contribution in [3.05, 3.63) is 76.5 Å². The minimum absolute atomic E-state index is 0.127. The van der Waals surface area contributed by atoms with Crippen molar-refractivity contribution in [1.29, 1.82) is 0 Å². The molecule has 3 aromatic rings. The Morgan fingerprint density at radius 2 is 1.88 bits per heavy atom. The number of para-hydroxylation sites is 1. The van der Waals surface area contributed by atoms with Crippen LogP contribution in [0.4, 0.5) is 0 Å². The maximum atomic E-state index is 12.3. The van der Waals surface area contributed by atoms with Crippen LogP contribution < -0.4 is 10.1 Å². The van der Waals surface area contributed by atoms with E-state index in [0.29, 0.717) is 18.7 Å². The van der Waals surface area contributed by atoms with E-state index in [1.54, 1.807) is 0 Å². The van der Waals surface area contributed by atoms with Crippen molar-refractivity contribution >= 4 is 21.8 Å². The maximum Gasteiger partial charge on any atom is 0.261 e. The van der Waals surface area contributed by atoms with E-state index >= 15 is 0 Å². The minimum Gasteiger partial charge on any atom is -0.480 e. The van der Waals surface area contributed by atoms with E-state index in [2.05, 4.69) is 21.2 Å². The first-order valence-electron chi connectivity index (χ1n) is 8.06. The fraction of sp³-hybridized carbons (Fsp3) is 0.150. The number of benzene rings is 2. The molecule has 25 heavy (non-hydrogen) atoms. The summed E-state index contributed by atoms with van der Waals surface area (Å²) >= 11 is 3.42. The van der Waals surface area contributed by atoms with Gasteiger partial charge in [-0.15, -0.1) is 0 Å². The summed E-state index contributed by atoms with van der Waals surface area (Å²) in [5.74, 6) is 2.15. The average molecular weight is 398 g/mol. The topological polar surface area (TPSA) is 51.5 Å². The predicted molar refractivity (Wildman–Crippen MR) is 98.3 cm³/mol. The molecule has 2 aromatic carbocycles. The lowest BCUT2D eigenvalue weighted by atomic mass is 10.1. The SMILES string of the molecule is O=C(NCc1ccc(-c2ccc(Br)cc2)o1)C1Cc2ccccc2O1. The number of carbonyl (C=O) groups excluding carboxylic acids is 1. The average Bonchev–Trinajstić information content (AvgIpc) is 3.27. The Bertz CT molecular complexity index is 876. The van der Waals surface area contributed by atoms with Crippen molar-refractivity contribution in [2.75, 3.05) is 0 Å². The standard InChI is InChI=1S/C20H16BrNO3/c21-15-7-5-13(6-8-15)18-10-9-16(24-18)12-22-20(23)19-11-14-3-1-2-4-17(14)25-19/h1-10,19H,11-12H2,(H,22,23). The Kier molecular flexibility index (Phi) is 4.32. The molecule has 126 valence electrons. The molecule has 1 atom stereocenters. The molecular formula is C20H16BrNO3. The Morgan fingerprint density at radius 3 is 2.68 bits per heavy atom. The fourth-order valence-corrected chi connectivity index (χ4v) is 3.12. The second-order valence-electron chi connectivity index (χ2n) is 5.91. The molecule has 0 bridgehead atoms. The van der Waals surface area contributed by atoms with Gasteiger partial charge in [-0.05, 0) is 35.9 Å². The normalized spacial score (nSPS) is 15.5. The number of nitrogens with one attached hydrogen (secondary N) is 1. The van der Waals surface area contributed by atoms with E-state index in [-0.39, 0.29) is 5.91 Å². The van der Waals surface area contributed by atoms with Gasteiger partial charge in [0.05, 0.1) is 6.54 Å². The fourth-order valence-electron chi connectivity index (χ4n) is 2.86. The summed E-state index contributed by atoms with van der Waals surface area (Å²) in [5, 5.41) is 2.88. The van der Waals surface area contributed by atoms with E-state index in [4.69, 9.17) is 9.15 Å². The first kappa shape index (κ1) is 16.0. The maximum absolute atomic E-state index is 12.3. The molecule has 4 nitrogen and oxygen atoms in total. The summed E-state index contributed by atoms with van der Waals surface area (Å²) in [6, 6.07) is 19.4. The molecule has 0 saturated carbocycles. The number of rotatable bonds is 4. The number of amides is 1. The van der Waals surface area contributed by atoms with Crippen LogP contribution in [0.1, 0.15) is 11.3 Å². The summed E-state index contributed by atoms with van der Waals surface area (Å²) < 4.78 is 12.5. The quantitative estimate of drug-likeness (QED) is 0.712. The van der Waals surface area contributed by atoms with Gasteiger partial charge in [0.1, 0.15) is 17.3 Å². The number of ether oxygens (including phenoxy) is 1. The molecule has 0 aliphatic carbocycles. The number of furan rings is 1. The lowest BCUT2D eigenvalue weighted by molar-refractivity contribution is -0.127. The van der Waals surface area contributed by atoms with E-state index in [1.165, 1.54) is 0 Å². The molecule has 5 heteroatoms. The van der Waals surface area contributed by atoms with Gasteiger partial charge < -0.3 is 14.5 Å². The molecular weight excluding hydrogens is 382 g/mol. The lowest BCUT2D eigenvalue weighted by Gasteiger charge is -2.10. The predicted octanol–water partition coefficient (Wildman–Crippen LogP) is 4.33. The number of halogens is 1. The smallest absolute Gasteiger partial charge is 0.261 e. The molecule has 1 aromatic heterocycles. The van der Waals surface area contributed by atoms with Gasteiger partial charge >= 0.3 is 0 Å². The monoisotopic (exact) mass is 397 g/mol. The van der Waals surface area contributed by atoms with Crippen molar-refractivity contribution in [3.63, 3.8) is 0 Å². The molecule has 0 fully saturated rings. The van der Waals surface area contributed by atoms with E-state index in [0.717, 1.165) is 27.1 Å². The van der Waals surface area contributed by atoms with Crippen molar-refractivity contribution in [3.8, 4) is 17.1 Å². The summed E-state index contributed by atoms with van der Waals surface area (Å²) in [6.07, 6.45) is 0.128. The highest BCUT2D eigenvalue weighted by atomic mass is 79.9. The van der Waals surface area contributed by atoms with Crippen LogP contribution in [-0.4, -0.2) is 12.0 Å². The second kappa shape index (κ2) is 6.76. The van der Waals surface area contributed by atoms with Crippen LogP contribution in [0.15, 0.2) is 69.6 Å². The summed E-state index contributed by atoms with van der Waals surface area (Å²) in [7, 11) is 0. The van der Waals surface area contributed by atoms with Crippen LogP contribution >= 0.6 is 15.9 Å². The van der Waals surface area contributed by atoms with Gasteiger partial charge in [0.2, 0.25) is 0 Å². The van der Waals surface area contributed by atoms with Crippen LogP contribution in [0.5, 0.6) is 5.75 Å². The van der Waals surface area contributed by atoms with E-state index < -0.39 is 6.10 Å². The van der Waals surface area contributed by atoms with Crippen LogP contribution in [0.3, 0.4) is 0 Å². The highest BCUT2D eigenvalue weighted by Gasteiger charge is 2.28. The molecule has 0 radical (unpaired) electrons. The van der Waals surface area contributed by atoms with Crippen LogP contribution in [0.25, 0.3) is 11.3 Å². The third kappa shape index (κ3) is 3.46. The van der Waals surface area contributed by atoms with Crippen molar-refractivity contribution in [2.45, 2.75) is 19.1 Å². The molecule has 0 spiro atoms. The zero-order valence-corrected chi connectivity index (χ0v) is 15.0. The van der Waals surface area contributed by atoms with Crippen LogP contribution in [-0.2, 0) is 17.8 Å². The molecule has 1 aliphatic heterocycles. The Hall–Kier alpha value is -2.53. The highest BCUT2D eigenvalue weighted by molar-refractivity contribution is 9.10. The zero-order chi connectivity index (χ0) is 17.2. The molecule has 2 heterocycles. The summed E-state index contributed by atoms with van der Waals surface area (Å²) in [5.41, 5.74) is 2.06. The number of carbonyl (C=O) groups is 1. The number of hydrogen-bond donors (Lipinski definition) is 1. The van der Waals surface area contributed by atoms with E-state index in [1.807, 2.05) is 60.7 Å². The number of hydrogen-bond acceptors (Lipinski definition) is 3. The Labute approximate surface area is 153 Å². The molecule has 1 amide bonds. The summed E-state index contributed by atoms with van der Waals surface area (Å²) in [6.45, 7) is 0.339. The van der Waals surface area contributed by atoms with Gasteiger partial charge in [-0.2, -0.15) is 0 Å². The summed E-state index contributed by atoms with van der Waals surface area (Å²) in [4.78, 5) is 12.3. The zero-order valence-electron chi connectivity index (χ0n) is 13.4. The first-order valence-corrected chi connectivity index (χ1v) is 8.85. The second-order valence-corrected chi connectivity index (χ2v) is 6.82. The molecule has 1 N–H and O–H groups in total. The largest absolute Gasteiger partial charge is 0.480 e. The van der Waals surface area contributed by atoms with Gasteiger partial charge in [0.15, 0.2) is 6.10 Å². The number of fused-ring (bicyclic) bond motifs is 1. The van der Waals surface area contributed by atoms with Crippen LogP contribution in [0.2, 0.25) is 0 Å². The van der Waals surface area contributed by atoms with Crippen molar-refractivity contribution < 1.29 is 13.9 Å². The van der Waals surface area contributed by atoms with Crippen molar-refractivity contribution in [2.24, 2.45) is 0 Å². The van der Waals surface area contributed by atoms with Crippen LogP contribution in [0, 0.1) is 0 Å². The molecule has 1 unspecified atom stereocenters.